The van der Waals surface area contributed by atoms with Crippen molar-refractivity contribution in [1.82, 2.24) is 9.97 Å². The van der Waals surface area contributed by atoms with Gasteiger partial charge in [-0.2, -0.15) is 0 Å². The monoisotopic (exact) mass is 280 g/mol. The first kappa shape index (κ1) is 16.7. The highest BCUT2D eigenvalue weighted by Crippen LogP contribution is 2.23. The van der Waals surface area contributed by atoms with Gasteiger partial charge in [0.1, 0.15) is 18.0 Å². The second kappa shape index (κ2) is 9.53. The molecule has 20 heavy (non-hydrogen) atoms. The van der Waals surface area contributed by atoms with E-state index < -0.39 is 0 Å². The molecule has 0 aliphatic carbocycles. The Morgan fingerprint density at radius 1 is 1.20 bits per heavy atom. The van der Waals surface area contributed by atoms with E-state index in [1.165, 1.54) is 5.56 Å². The normalized spacial score (nSPS) is 10.6. The van der Waals surface area contributed by atoms with Crippen molar-refractivity contribution in [3.05, 3.63) is 11.9 Å². The average Bonchev–Trinajstić information content (AvgIpc) is 2.49. The molecule has 0 fully saturated rings. The third-order valence-corrected chi connectivity index (χ3v) is 3.21. The van der Waals surface area contributed by atoms with Crippen LogP contribution in [-0.2, 0) is 11.2 Å². The third kappa shape index (κ3) is 4.63. The molecule has 1 aromatic rings. The van der Waals surface area contributed by atoms with Crippen LogP contribution in [0.3, 0.4) is 0 Å². The van der Waals surface area contributed by atoms with Crippen LogP contribution in [0.5, 0.6) is 0 Å². The molecule has 0 spiro atoms. The van der Waals surface area contributed by atoms with E-state index in [1.54, 1.807) is 6.33 Å². The zero-order valence-corrected chi connectivity index (χ0v) is 13.3. The van der Waals surface area contributed by atoms with Gasteiger partial charge in [-0.1, -0.05) is 13.8 Å². The molecular weight excluding hydrogens is 252 g/mol. The lowest BCUT2D eigenvalue weighted by atomic mass is 10.2. The van der Waals surface area contributed by atoms with Crippen molar-refractivity contribution in [3.63, 3.8) is 0 Å². The van der Waals surface area contributed by atoms with E-state index in [9.17, 15) is 0 Å². The predicted octanol–water partition coefficient (Wildman–Crippen LogP) is 2.72. The second-order valence-corrected chi connectivity index (χ2v) is 4.58. The first-order valence-electron chi connectivity index (χ1n) is 7.68. The van der Waals surface area contributed by atoms with Gasteiger partial charge in [0.05, 0.1) is 6.61 Å². The number of rotatable bonds is 10. The van der Waals surface area contributed by atoms with Crippen LogP contribution in [-0.4, -0.2) is 42.8 Å². The Balaban J connectivity index is 2.89. The van der Waals surface area contributed by atoms with Crippen molar-refractivity contribution < 1.29 is 4.74 Å². The Labute approximate surface area is 122 Å². The summed E-state index contributed by atoms with van der Waals surface area (Å²) in [6.45, 7) is 12.7. The number of hydrogen-bond donors (Lipinski definition) is 1. The Morgan fingerprint density at radius 3 is 2.60 bits per heavy atom. The molecular formula is C15H28N4O. The van der Waals surface area contributed by atoms with Gasteiger partial charge in [0, 0.05) is 31.8 Å². The molecule has 1 heterocycles. The zero-order chi connectivity index (χ0) is 14.8. The van der Waals surface area contributed by atoms with Gasteiger partial charge in [0.15, 0.2) is 0 Å². The van der Waals surface area contributed by atoms with Crippen LogP contribution in [0.1, 0.15) is 39.7 Å². The second-order valence-electron chi connectivity index (χ2n) is 4.58. The number of aromatic nitrogens is 2. The molecule has 1 aromatic heterocycles. The molecule has 0 amide bonds. The summed E-state index contributed by atoms with van der Waals surface area (Å²) in [5.74, 6) is 2.00. The molecule has 0 bridgehead atoms. The standard InChI is InChI=1S/C15H28N4O/c1-5-9-16-14-13(6-2)15(18-12-17-14)19(7-3)10-11-20-8-4/h12H,5-11H2,1-4H3,(H,16,17,18). The third-order valence-electron chi connectivity index (χ3n) is 3.21. The van der Waals surface area contributed by atoms with Crippen LogP contribution in [0.4, 0.5) is 11.6 Å². The highest BCUT2D eigenvalue weighted by molar-refractivity contribution is 5.58. The van der Waals surface area contributed by atoms with Crippen molar-refractivity contribution in [2.45, 2.75) is 40.5 Å². The molecule has 5 nitrogen and oxygen atoms in total. The lowest BCUT2D eigenvalue weighted by Crippen LogP contribution is -2.29. The summed E-state index contributed by atoms with van der Waals surface area (Å²) in [5.41, 5.74) is 1.19. The summed E-state index contributed by atoms with van der Waals surface area (Å²) in [6.07, 6.45) is 3.66. The first-order valence-corrected chi connectivity index (χ1v) is 7.68. The van der Waals surface area contributed by atoms with Crippen LogP contribution in [0, 0.1) is 0 Å². The van der Waals surface area contributed by atoms with Gasteiger partial charge in [0.25, 0.3) is 0 Å². The molecule has 114 valence electrons. The maximum atomic E-state index is 5.46. The molecule has 0 aliphatic heterocycles. The Hall–Kier alpha value is -1.36. The maximum absolute atomic E-state index is 5.46. The summed E-state index contributed by atoms with van der Waals surface area (Å²) in [5, 5.41) is 3.39. The molecule has 0 saturated heterocycles. The number of hydrogen-bond acceptors (Lipinski definition) is 5. The summed E-state index contributed by atoms with van der Waals surface area (Å²) < 4.78 is 5.46. The van der Waals surface area contributed by atoms with Crippen molar-refractivity contribution >= 4 is 11.6 Å². The molecule has 1 rings (SSSR count). The molecule has 0 aromatic carbocycles. The molecule has 0 unspecified atom stereocenters. The van der Waals surface area contributed by atoms with Gasteiger partial charge in [-0.25, -0.2) is 9.97 Å². The first-order chi connectivity index (χ1) is 9.78. The van der Waals surface area contributed by atoms with E-state index in [1.807, 2.05) is 6.92 Å². The number of ether oxygens (including phenoxy) is 1. The van der Waals surface area contributed by atoms with E-state index in [-0.39, 0.29) is 0 Å². The van der Waals surface area contributed by atoms with E-state index >= 15 is 0 Å². The van der Waals surface area contributed by atoms with Crippen LogP contribution in [0.25, 0.3) is 0 Å². The molecule has 0 aliphatic rings. The van der Waals surface area contributed by atoms with Crippen LogP contribution in [0.15, 0.2) is 6.33 Å². The Morgan fingerprint density at radius 2 is 2.00 bits per heavy atom. The summed E-state index contributed by atoms with van der Waals surface area (Å²) in [6, 6.07) is 0. The van der Waals surface area contributed by atoms with Crippen molar-refractivity contribution in [2.24, 2.45) is 0 Å². The van der Waals surface area contributed by atoms with Gasteiger partial charge >= 0.3 is 0 Å². The van der Waals surface area contributed by atoms with Crippen LogP contribution >= 0.6 is 0 Å². The van der Waals surface area contributed by atoms with Crippen molar-refractivity contribution in [1.29, 1.82) is 0 Å². The van der Waals surface area contributed by atoms with Gasteiger partial charge < -0.3 is 15.0 Å². The highest BCUT2D eigenvalue weighted by Gasteiger charge is 2.14. The summed E-state index contributed by atoms with van der Waals surface area (Å²) in [4.78, 5) is 11.1. The average molecular weight is 280 g/mol. The molecule has 1 N–H and O–H groups in total. The topological polar surface area (TPSA) is 50.3 Å². The molecule has 0 radical (unpaired) electrons. The largest absolute Gasteiger partial charge is 0.380 e. The molecule has 5 heteroatoms. The van der Waals surface area contributed by atoms with Crippen molar-refractivity contribution in [2.75, 3.05) is 43.1 Å². The summed E-state index contributed by atoms with van der Waals surface area (Å²) >= 11 is 0. The fraction of sp³-hybridized carbons (Fsp3) is 0.733. The van der Waals surface area contributed by atoms with E-state index in [4.69, 9.17) is 4.74 Å². The minimum atomic E-state index is 0.731. The lowest BCUT2D eigenvalue weighted by molar-refractivity contribution is 0.154. The van der Waals surface area contributed by atoms with E-state index in [2.05, 4.69) is 41.0 Å². The van der Waals surface area contributed by atoms with Crippen LogP contribution in [0.2, 0.25) is 0 Å². The lowest BCUT2D eigenvalue weighted by Gasteiger charge is -2.25. The van der Waals surface area contributed by atoms with E-state index in [0.29, 0.717) is 0 Å². The fourth-order valence-corrected chi connectivity index (χ4v) is 2.13. The minimum Gasteiger partial charge on any atom is -0.380 e. The van der Waals surface area contributed by atoms with Gasteiger partial charge in [0.2, 0.25) is 0 Å². The van der Waals surface area contributed by atoms with E-state index in [0.717, 1.165) is 57.3 Å². The predicted molar refractivity (Wildman–Crippen MR) is 84.6 cm³/mol. The fourth-order valence-electron chi connectivity index (χ4n) is 2.13. The van der Waals surface area contributed by atoms with Crippen molar-refractivity contribution in [3.8, 4) is 0 Å². The molecule has 0 saturated carbocycles. The Bertz CT molecular complexity index is 384. The highest BCUT2D eigenvalue weighted by atomic mass is 16.5. The SMILES string of the molecule is CCCNc1ncnc(N(CC)CCOCC)c1CC. The van der Waals surface area contributed by atoms with Gasteiger partial charge in [-0.3, -0.25) is 0 Å². The maximum Gasteiger partial charge on any atom is 0.137 e. The van der Waals surface area contributed by atoms with Crippen LogP contribution < -0.4 is 10.2 Å². The number of nitrogens with zero attached hydrogens (tertiary/aromatic N) is 3. The Kier molecular flexibility index (Phi) is 7.95. The summed E-state index contributed by atoms with van der Waals surface area (Å²) in [7, 11) is 0. The number of anilines is 2. The zero-order valence-electron chi connectivity index (χ0n) is 13.3. The number of nitrogens with one attached hydrogen (secondary N) is 1. The quantitative estimate of drug-likeness (QED) is 0.668. The van der Waals surface area contributed by atoms with Gasteiger partial charge in [-0.15, -0.1) is 0 Å². The number of likely N-dealkylation sites (N-methyl/N-ethyl adjacent to an activating group) is 1. The van der Waals surface area contributed by atoms with Gasteiger partial charge in [-0.05, 0) is 26.7 Å². The smallest absolute Gasteiger partial charge is 0.137 e. The minimum absolute atomic E-state index is 0.731. The molecule has 0 atom stereocenters.